The van der Waals surface area contributed by atoms with Gasteiger partial charge in [0.05, 0.1) is 17.5 Å². The van der Waals surface area contributed by atoms with Crippen LogP contribution < -0.4 is 10.3 Å². The predicted molar refractivity (Wildman–Crippen MR) is 120 cm³/mol. The van der Waals surface area contributed by atoms with E-state index < -0.39 is 22.8 Å². The number of Topliss-reactive ketones (excluding diaryl/α,β-unsaturated/α-hetero) is 1. The Morgan fingerprint density at radius 3 is 2.68 bits per heavy atom. The van der Waals surface area contributed by atoms with Gasteiger partial charge in [-0.2, -0.15) is 0 Å². The van der Waals surface area contributed by atoms with Crippen molar-refractivity contribution in [3.05, 3.63) is 69.5 Å². The minimum Gasteiger partial charge on any atom is -0.506 e. The summed E-state index contributed by atoms with van der Waals surface area (Å²) in [4.78, 5) is 50.8. The number of hydrogen-bond donors (Lipinski definition) is 2. The van der Waals surface area contributed by atoms with Crippen molar-refractivity contribution in [1.29, 1.82) is 0 Å². The fourth-order valence-electron chi connectivity index (χ4n) is 3.77. The summed E-state index contributed by atoms with van der Waals surface area (Å²) in [5.41, 5.74) is -0.761. The number of pyridine rings is 3. The number of hydrogen-bond acceptors (Lipinski definition) is 9. The third-order valence-corrected chi connectivity index (χ3v) is 6.34. The van der Waals surface area contributed by atoms with Gasteiger partial charge in [0.25, 0.3) is 0 Å². The summed E-state index contributed by atoms with van der Waals surface area (Å²) in [6.45, 7) is 0.474. The zero-order chi connectivity index (χ0) is 24.0. The maximum absolute atomic E-state index is 15.0. The van der Waals surface area contributed by atoms with E-state index in [2.05, 4.69) is 15.0 Å². The molecule has 1 aliphatic heterocycles. The van der Waals surface area contributed by atoms with Crippen LogP contribution in [0.25, 0.3) is 16.2 Å². The summed E-state index contributed by atoms with van der Waals surface area (Å²) in [7, 11) is 0. The van der Waals surface area contributed by atoms with Crippen LogP contribution in [0.2, 0.25) is 0 Å². The predicted octanol–water partition coefficient (Wildman–Crippen LogP) is 2.03. The second kappa shape index (κ2) is 8.30. The molecule has 0 aliphatic carbocycles. The van der Waals surface area contributed by atoms with Gasteiger partial charge in [-0.15, -0.1) is 11.3 Å². The zero-order valence-corrected chi connectivity index (χ0v) is 18.2. The van der Waals surface area contributed by atoms with Crippen molar-refractivity contribution in [1.82, 2.24) is 19.5 Å². The monoisotopic (exact) mass is 481 g/mol. The minimum atomic E-state index is -1.44. The largest absolute Gasteiger partial charge is 0.506 e. The number of rotatable bonds is 6. The van der Waals surface area contributed by atoms with E-state index >= 15 is 0 Å². The number of carboxylic acids is 1. The molecular weight excluding hydrogens is 465 g/mol. The molecule has 2 N–H and O–H groups in total. The van der Waals surface area contributed by atoms with Crippen LogP contribution in [-0.2, 0) is 11.2 Å². The summed E-state index contributed by atoms with van der Waals surface area (Å²) in [6, 6.07) is 4.00. The van der Waals surface area contributed by atoms with Gasteiger partial charge in [-0.05, 0) is 18.2 Å². The Kier molecular flexibility index (Phi) is 5.28. The maximum Gasteiger partial charge on any atom is 0.341 e. The minimum absolute atomic E-state index is 0.00979. The number of nitrogens with zero attached hydrogens (tertiary/aromatic N) is 5. The maximum atomic E-state index is 15.0. The molecule has 1 fully saturated rings. The van der Waals surface area contributed by atoms with Gasteiger partial charge < -0.3 is 15.1 Å². The van der Waals surface area contributed by atoms with Crippen molar-refractivity contribution in [3.8, 4) is 10.9 Å². The van der Waals surface area contributed by atoms with Crippen LogP contribution >= 0.6 is 11.3 Å². The van der Waals surface area contributed by atoms with E-state index in [4.69, 9.17) is 0 Å². The summed E-state index contributed by atoms with van der Waals surface area (Å²) < 4.78 is 16.3. The van der Waals surface area contributed by atoms with Crippen molar-refractivity contribution >= 4 is 39.9 Å². The molecule has 4 aromatic rings. The highest BCUT2D eigenvalue weighted by atomic mass is 32.1. The number of carbonyl (C=O) groups is 2. The third-order valence-electron chi connectivity index (χ3n) is 5.57. The molecular formula is C22H16FN5O5S. The first-order valence-corrected chi connectivity index (χ1v) is 11.0. The van der Waals surface area contributed by atoms with E-state index in [0.29, 0.717) is 10.8 Å². The lowest BCUT2D eigenvalue weighted by Gasteiger charge is -2.39. The summed E-state index contributed by atoms with van der Waals surface area (Å²) in [5.74, 6) is -2.66. The lowest BCUT2D eigenvalue weighted by molar-refractivity contribution is -0.123. The Bertz CT molecular complexity index is 1480. The molecule has 5 rings (SSSR count). The zero-order valence-electron chi connectivity index (χ0n) is 17.4. The molecule has 0 radical (unpaired) electrons. The van der Waals surface area contributed by atoms with Gasteiger partial charge in [0.15, 0.2) is 22.4 Å². The number of carboxylic acid groups (broad SMARTS) is 1. The van der Waals surface area contributed by atoms with E-state index in [-0.39, 0.29) is 53.8 Å². The van der Waals surface area contributed by atoms with Gasteiger partial charge >= 0.3 is 5.97 Å². The first-order chi connectivity index (χ1) is 16.3. The fourth-order valence-corrected chi connectivity index (χ4v) is 4.39. The molecule has 12 heteroatoms. The van der Waals surface area contributed by atoms with E-state index in [9.17, 15) is 29.0 Å². The van der Waals surface area contributed by atoms with Crippen LogP contribution in [0.5, 0.6) is 5.75 Å². The molecule has 4 aromatic heterocycles. The van der Waals surface area contributed by atoms with Gasteiger partial charge in [0.1, 0.15) is 17.1 Å². The van der Waals surface area contributed by atoms with E-state index in [1.165, 1.54) is 34.4 Å². The average Bonchev–Trinajstić information content (AvgIpc) is 3.30. The standard InChI is InChI=1S/C22H16FN5O5S/c23-16-6-14-18(31)15(21(32)33)10-28(22-24-3-4-34-22)19(14)26-20(16)27-8-11(9-27)17(30)5-12-1-2-13(29)7-25-12/h1-4,6-7,10-11,29H,5,8-9H2,(H,32,33). The van der Waals surface area contributed by atoms with Gasteiger partial charge in [-0.1, -0.05) is 0 Å². The van der Waals surface area contributed by atoms with Gasteiger partial charge in [-0.25, -0.2) is 19.2 Å². The topological polar surface area (TPSA) is 139 Å². The number of aromatic hydroxyl groups is 1. The van der Waals surface area contributed by atoms with Gasteiger partial charge in [-0.3, -0.25) is 19.1 Å². The number of ketones is 1. The smallest absolute Gasteiger partial charge is 0.341 e. The number of anilines is 1. The molecule has 0 bridgehead atoms. The first kappa shape index (κ1) is 21.6. The highest BCUT2D eigenvalue weighted by Gasteiger charge is 2.35. The number of halogens is 1. The lowest BCUT2D eigenvalue weighted by atomic mass is 9.92. The van der Waals surface area contributed by atoms with E-state index in [1.54, 1.807) is 16.3 Å². The first-order valence-electron chi connectivity index (χ1n) is 10.1. The highest BCUT2D eigenvalue weighted by Crippen LogP contribution is 2.29. The molecule has 0 aromatic carbocycles. The van der Waals surface area contributed by atoms with Crippen LogP contribution in [0.15, 0.2) is 47.0 Å². The van der Waals surface area contributed by atoms with E-state index in [0.717, 1.165) is 12.3 Å². The van der Waals surface area contributed by atoms with Crippen LogP contribution in [0.4, 0.5) is 10.2 Å². The second-order valence-electron chi connectivity index (χ2n) is 7.78. The number of aromatic carboxylic acids is 1. The fraction of sp³-hybridized carbons (Fsp3) is 0.182. The Balaban J connectivity index is 1.45. The molecule has 0 saturated carbocycles. The SMILES string of the molecule is O=C(O)c1cn(-c2nccs2)c2nc(N3CC(C(=O)Cc4ccc(O)cn4)C3)c(F)cc2c1=O. The van der Waals surface area contributed by atoms with Crippen molar-refractivity contribution in [2.45, 2.75) is 6.42 Å². The quantitative estimate of drug-likeness (QED) is 0.423. The number of thiazole rings is 1. The normalized spacial score (nSPS) is 13.7. The molecule has 10 nitrogen and oxygen atoms in total. The lowest BCUT2D eigenvalue weighted by Crippen LogP contribution is -2.51. The second-order valence-corrected chi connectivity index (χ2v) is 8.65. The van der Waals surface area contributed by atoms with Crippen molar-refractivity contribution in [3.63, 3.8) is 0 Å². The number of carbonyl (C=O) groups excluding carboxylic acids is 1. The summed E-state index contributed by atoms with van der Waals surface area (Å²) in [5, 5.41) is 20.6. The van der Waals surface area contributed by atoms with Crippen molar-refractivity contribution in [2.75, 3.05) is 18.0 Å². The third kappa shape index (κ3) is 3.77. The van der Waals surface area contributed by atoms with Crippen LogP contribution in [0.1, 0.15) is 16.1 Å². The number of aromatic nitrogens is 4. The molecule has 1 saturated heterocycles. The summed E-state index contributed by atoms with van der Waals surface area (Å²) >= 11 is 1.20. The Hall–Kier alpha value is -4.19. The van der Waals surface area contributed by atoms with Gasteiger partial charge in [0, 0.05) is 43.0 Å². The molecule has 0 atom stereocenters. The Morgan fingerprint density at radius 2 is 2.03 bits per heavy atom. The molecule has 0 amide bonds. The number of fused-ring (bicyclic) bond motifs is 1. The molecule has 0 unspecified atom stereocenters. The average molecular weight is 481 g/mol. The van der Waals surface area contributed by atoms with Gasteiger partial charge in [0.2, 0.25) is 5.43 Å². The van der Waals surface area contributed by atoms with Crippen molar-refractivity contribution in [2.24, 2.45) is 5.92 Å². The highest BCUT2D eigenvalue weighted by molar-refractivity contribution is 7.12. The van der Waals surface area contributed by atoms with E-state index in [1.807, 2.05) is 0 Å². The van der Waals surface area contributed by atoms with Crippen LogP contribution in [0.3, 0.4) is 0 Å². The molecule has 34 heavy (non-hydrogen) atoms. The summed E-state index contributed by atoms with van der Waals surface area (Å²) in [6.07, 6.45) is 4.01. The van der Waals surface area contributed by atoms with Crippen molar-refractivity contribution < 1.29 is 24.2 Å². The Morgan fingerprint density at radius 1 is 1.24 bits per heavy atom. The van der Waals surface area contributed by atoms with Crippen LogP contribution in [-0.4, -0.2) is 54.6 Å². The molecule has 0 spiro atoms. The Labute approximate surface area is 194 Å². The van der Waals surface area contributed by atoms with Crippen LogP contribution in [0, 0.1) is 11.7 Å². The molecule has 1 aliphatic rings. The molecule has 172 valence electrons. The molecule has 5 heterocycles.